The van der Waals surface area contributed by atoms with E-state index in [2.05, 4.69) is 43.6 Å². The van der Waals surface area contributed by atoms with Crippen LogP contribution in [0.2, 0.25) is 0 Å². The predicted octanol–water partition coefficient (Wildman–Crippen LogP) is 2.38. The van der Waals surface area contributed by atoms with Crippen LogP contribution in [-0.2, 0) is 13.5 Å². The molecule has 0 fully saturated rings. The first-order chi connectivity index (χ1) is 11.1. The van der Waals surface area contributed by atoms with Crippen LogP contribution in [0.15, 0.2) is 58.2 Å². The number of nitrogens with zero attached hydrogens (tertiary/aromatic N) is 4. The van der Waals surface area contributed by atoms with Gasteiger partial charge in [0.2, 0.25) is 0 Å². The highest BCUT2D eigenvalue weighted by Gasteiger charge is 2.06. The minimum Gasteiger partial charge on any atom is -0.382 e. The quantitative estimate of drug-likeness (QED) is 0.745. The summed E-state index contributed by atoms with van der Waals surface area (Å²) in [6, 6.07) is 10.1. The molecule has 7 heteroatoms. The summed E-state index contributed by atoms with van der Waals surface area (Å²) in [5.74, 6) is 0. The second-order valence-electron chi connectivity index (χ2n) is 5.09. The Morgan fingerprint density at radius 1 is 1.22 bits per heavy atom. The zero-order valence-corrected chi connectivity index (χ0v) is 14.2. The Kier molecular flexibility index (Phi) is 4.57. The van der Waals surface area contributed by atoms with Crippen molar-refractivity contribution in [1.29, 1.82) is 0 Å². The van der Waals surface area contributed by atoms with Gasteiger partial charge in [0.25, 0.3) is 5.56 Å². The summed E-state index contributed by atoms with van der Waals surface area (Å²) in [5, 5.41) is 11.4. The van der Waals surface area contributed by atoms with Crippen LogP contribution >= 0.6 is 15.9 Å². The first-order valence-electron chi connectivity index (χ1n) is 7.20. The third kappa shape index (κ3) is 3.50. The Balaban J connectivity index is 1.61. The zero-order valence-electron chi connectivity index (χ0n) is 12.6. The van der Waals surface area contributed by atoms with Crippen molar-refractivity contribution in [2.45, 2.75) is 6.42 Å². The summed E-state index contributed by atoms with van der Waals surface area (Å²) in [5.41, 5.74) is 2.80. The second-order valence-corrected chi connectivity index (χ2v) is 5.89. The molecule has 0 saturated carbocycles. The molecular formula is C16H16BrN5O. The molecule has 0 radical (unpaired) electrons. The Morgan fingerprint density at radius 2 is 2.00 bits per heavy atom. The van der Waals surface area contributed by atoms with Gasteiger partial charge in [0.15, 0.2) is 0 Å². The molecule has 0 spiro atoms. The lowest BCUT2D eigenvalue weighted by Gasteiger charge is -2.09. The first-order valence-corrected chi connectivity index (χ1v) is 7.99. The van der Waals surface area contributed by atoms with Crippen LogP contribution in [0.25, 0.3) is 5.69 Å². The molecule has 0 saturated heterocycles. The van der Waals surface area contributed by atoms with Crippen molar-refractivity contribution in [3.63, 3.8) is 0 Å². The first kappa shape index (κ1) is 15.5. The number of anilines is 1. The number of nitrogens with one attached hydrogen (secondary N) is 1. The molecule has 118 valence electrons. The molecule has 2 heterocycles. The molecule has 0 aliphatic heterocycles. The maximum atomic E-state index is 11.8. The summed E-state index contributed by atoms with van der Waals surface area (Å²) >= 11 is 3.30. The fourth-order valence-electron chi connectivity index (χ4n) is 2.21. The number of rotatable bonds is 5. The lowest BCUT2D eigenvalue weighted by molar-refractivity contribution is 0.703. The molecule has 2 aromatic heterocycles. The van der Waals surface area contributed by atoms with E-state index >= 15 is 0 Å². The van der Waals surface area contributed by atoms with Crippen LogP contribution in [0.1, 0.15) is 5.56 Å². The largest absolute Gasteiger partial charge is 0.382 e. The van der Waals surface area contributed by atoms with Crippen molar-refractivity contribution in [2.75, 3.05) is 11.9 Å². The highest BCUT2D eigenvalue weighted by atomic mass is 79.9. The smallest absolute Gasteiger partial charge is 0.282 e. The van der Waals surface area contributed by atoms with Gasteiger partial charge in [-0.1, -0.05) is 12.1 Å². The average Bonchev–Trinajstić information content (AvgIpc) is 3.10. The lowest BCUT2D eigenvalue weighted by atomic mass is 10.1. The van der Waals surface area contributed by atoms with Crippen LogP contribution in [0.5, 0.6) is 0 Å². The van der Waals surface area contributed by atoms with E-state index in [4.69, 9.17) is 0 Å². The molecule has 1 N–H and O–H groups in total. The van der Waals surface area contributed by atoms with Gasteiger partial charge in [-0.05, 0) is 46.1 Å². The summed E-state index contributed by atoms with van der Waals surface area (Å²) in [6.45, 7) is 0.717. The van der Waals surface area contributed by atoms with Crippen LogP contribution in [0.4, 0.5) is 5.69 Å². The fourth-order valence-corrected chi connectivity index (χ4v) is 2.71. The van der Waals surface area contributed by atoms with E-state index in [1.807, 2.05) is 29.1 Å². The molecule has 0 bridgehead atoms. The SMILES string of the molecule is Cn1ncc(NCCc2ccc(-n3cccn3)cc2)c(Br)c1=O. The van der Waals surface area contributed by atoms with Gasteiger partial charge in [0.1, 0.15) is 4.47 Å². The van der Waals surface area contributed by atoms with Crippen molar-refractivity contribution in [3.05, 3.63) is 69.3 Å². The summed E-state index contributed by atoms with van der Waals surface area (Å²) in [4.78, 5) is 11.8. The van der Waals surface area contributed by atoms with Gasteiger partial charge >= 0.3 is 0 Å². The zero-order chi connectivity index (χ0) is 16.2. The maximum Gasteiger partial charge on any atom is 0.282 e. The minimum absolute atomic E-state index is 0.154. The van der Waals surface area contributed by atoms with Gasteiger partial charge in [-0.2, -0.15) is 10.2 Å². The Morgan fingerprint density at radius 3 is 2.70 bits per heavy atom. The molecule has 0 aliphatic carbocycles. The van der Waals surface area contributed by atoms with E-state index in [1.54, 1.807) is 19.4 Å². The Hall–Kier alpha value is -2.41. The lowest BCUT2D eigenvalue weighted by Crippen LogP contribution is -2.21. The number of hydrogen-bond acceptors (Lipinski definition) is 4. The monoisotopic (exact) mass is 373 g/mol. The van der Waals surface area contributed by atoms with E-state index in [1.165, 1.54) is 10.2 Å². The van der Waals surface area contributed by atoms with Gasteiger partial charge in [-0.3, -0.25) is 4.79 Å². The average molecular weight is 374 g/mol. The Labute approximate surface area is 141 Å². The van der Waals surface area contributed by atoms with Gasteiger partial charge in [-0.25, -0.2) is 9.36 Å². The third-order valence-electron chi connectivity index (χ3n) is 3.51. The molecule has 6 nitrogen and oxygen atoms in total. The van der Waals surface area contributed by atoms with Crippen molar-refractivity contribution >= 4 is 21.6 Å². The molecule has 0 amide bonds. The van der Waals surface area contributed by atoms with Crippen molar-refractivity contribution in [1.82, 2.24) is 19.6 Å². The van der Waals surface area contributed by atoms with Crippen molar-refractivity contribution < 1.29 is 0 Å². The molecule has 3 aromatic rings. The number of benzene rings is 1. The molecule has 1 aromatic carbocycles. The number of hydrogen-bond donors (Lipinski definition) is 1. The van der Waals surface area contributed by atoms with Gasteiger partial charge < -0.3 is 5.32 Å². The molecule has 3 rings (SSSR count). The highest BCUT2D eigenvalue weighted by Crippen LogP contribution is 2.16. The van der Waals surface area contributed by atoms with Gasteiger partial charge in [-0.15, -0.1) is 0 Å². The van der Waals surface area contributed by atoms with Crippen molar-refractivity contribution in [3.8, 4) is 5.69 Å². The highest BCUT2D eigenvalue weighted by molar-refractivity contribution is 9.10. The second kappa shape index (κ2) is 6.78. The molecule has 23 heavy (non-hydrogen) atoms. The number of aryl methyl sites for hydroxylation is 1. The van der Waals surface area contributed by atoms with Crippen LogP contribution in [0.3, 0.4) is 0 Å². The standard InChI is InChI=1S/C16H16BrN5O/c1-21-16(23)15(17)14(11-20-21)18-9-7-12-3-5-13(6-4-12)22-10-2-8-19-22/h2-6,8,10-11,18H,7,9H2,1H3. The number of aromatic nitrogens is 4. The molecular weight excluding hydrogens is 358 g/mol. The van der Waals surface area contributed by atoms with E-state index in [9.17, 15) is 4.79 Å². The molecule has 0 unspecified atom stereocenters. The van der Waals surface area contributed by atoms with E-state index in [-0.39, 0.29) is 5.56 Å². The summed E-state index contributed by atoms with van der Waals surface area (Å²) in [7, 11) is 1.62. The Bertz CT molecular complexity index is 840. The fraction of sp³-hybridized carbons (Fsp3) is 0.188. The van der Waals surface area contributed by atoms with Crippen LogP contribution in [-0.4, -0.2) is 26.1 Å². The van der Waals surface area contributed by atoms with E-state index in [0.717, 1.165) is 12.1 Å². The topological polar surface area (TPSA) is 64.7 Å². The van der Waals surface area contributed by atoms with Crippen LogP contribution in [0, 0.1) is 0 Å². The number of halogens is 1. The maximum absolute atomic E-state index is 11.8. The van der Waals surface area contributed by atoms with E-state index in [0.29, 0.717) is 16.7 Å². The predicted molar refractivity (Wildman–Crippen MR) is 92.9 cm³/mol. The van der Waals surface area contributed by atoms with Gasteiger partial charge in [0, 0.05) is 26.0 Å². The third-order valence-corrected chi connectivity index (χ3v) is 4.28. The van der Waals surface area contributed by atoms with Crippen LogP contribution < -0.4 is 10.9 Å². The normalized spacial score (nSPS) is 10.7. The van der Waals surface area contributed by atoms with Crippen molar-refractivity contribution in [2.24, 2.45) is 7.05 Å². The summed E-state index contributed by atoms with van der Waals surface area (Å²) < 4.78 is 3.62. The van der Waals surface area contributed by atoms with E-state index < -0.39 is 0 Å². The minimum atomic E-state index is -0.154. The van der Waals surface area contributed by atoms with Gasteiger partial charge in [0.05, 0.1) is 17.6 Å². The summed E-state index contributed by atoms with van der Waals surface area (Å²) in [6.07, 6.45) is 6.16. The molecule has 0 atom stereocenters. The molecule has 0 aliphatic rings.